The van der Waals surface area contributed by atoms with E-state index in [-0.39, 0.29) is 22.8 Å². The molecule has 3 nitrogen and oxygen atoms in total. The molecule has 3 aromatic carbocycles. The highest BCUT2D eigenvalue weighted by Crippen LogP contribution is 2.28. The Bertz CT molecular complexity index is 1280. The number of hydrogen-bond acceptors (Lipinski definition) is 2. The van der Waals surface area contributed by atoms with Gasteiger partial charge in [-0.3, -0.25) is 0 Å². The van der Waals surface area contributed by atoms with Crippen molar-refractivity contribution in [2.75, 3.05) is 0 Å². The number of pyridine rings is 1. The van der Waals surface area contributed by atoms with Gasteiger partial charge in [0.25, 0.3) is 0 Å². The van der Waals surface area contributed by atoms with Crippen molar-refractivity contribution < 1.29 is 30.4 Å². The highest BCUT2D eigenvalue weighted by atomic mass is 79.9. The summed E-state index contributed by atoms with van der Waals surface area (Å²) in [6, 6.07) is 26.8. The highest BCUT2D eigenvalue weighted by molar-refractivity contribution is 5.82. The fourth-order valence-electron chi connectivity index (χ4n) is 3.41. The Kier molecular flexibility index (Phi) is 5.72. The van der Waals surface area contributed by atoms with Crippen LogP contribution in [-0.2, 0) is 6.54 Å². The molecule has 0 unspecified atom stereocenters. The molecule has 0 aliphatic rings. The number of hydrogen-bond donors (Lipinski definition) is 0. The lowest BCUT2D eigenvalue weighted by Crippen LogP contribution is -3.00. The summed E-state index contributed by atoms with van der Waals surface area (Å²) in [4.78, 5) is 4.67. The summed E-state index contributed by atoms with van der Waals surface area (Å²) in [6.07, 6.45) is 3.90. The molecule has 0 saturated heterocycles. The zero-order valence-corrected chi connectivity index (χ0v) is 17.6. The lowest BCUT2D eigenvalue weighted by atomic mass is 10.1. The van der Waals surface area contributed by atoms with E-state index in [0.717, 1.165) is 33.4 Å². The van der Waals surface area contributed by atoms with Crippen LogP contribution in [0.4, 0.5) is 4.39 Å². The van der Waals surface area contributed by atoms with Gasteiger partial charge in [0.1, 0.15) is 11.3 Å². The maximum absolute atomic E-state index is 13.4. The predicted molar refractivity (Wildman–Crippen MR) is 111 cm³/mol. The van der Waals surface area contributed by atoms with E-state index in [1.807, 2.05) is 71.6 Å². The summed E-state index contributed by atoms with van der Waals surface area (Å²) < 4.78 is 21.3. The van der Waals surface area contributed by atoms with Crippen molar-refractivity contribution in [2.45, 2.75) is 6.54 Å². The Morgan fingerprint density at radius 1 is 0.767 bits per heavy atom. The van der Waals surface area contributed by atoms with E-state index in [1.165, 1.54) is 6.07 Å². The van der Waals surface area contributed by atoms with Gasteiger partial charge >= 0.3 is 0 Å². The number of benzene rings is 3. The van der Waals surface area contributed by atoms with Crippen LogP contribution >= 0.6 is 0 Å². The minimum absolute atomic E-state index is 0. The van der Waals surface area contributed by atoms with E-state index < -0.39 is 0 Å². The second kappa shape index (κ2) is 8.59. The first kappa shape index (κ1) is 20.0. The number of fused-ring (bicyclic) bond motifs is 1. The summed E-state index contributed by atoms with van der Waals surface area (Å²) in [5, 5.41) is 0. The molecule has 0 atom stereocenters. The third-order valence-electron chi connectivity index (χ3n) is 4.89. The standard InChI is InChI=1S/C25H18FN2O.BrH/c26-22-8-4-5-18(15-22)17-28-13-11-20(12-14-28)25-27-23-16-21(9-10-24(23)29-25)19-6-2-1-3-7-19;/h1-16H,17H2;1H/q+1;/p-1. The Hall–Kier alpha value is -3.31. The Labute approximate surface area is 184 Å². The molecule has 0 spiro atoms. The lowest BCUT2D eigenvalue weighted by Gasteiger charge is -1.99. The molecule has 5 aromatic rings. The van der Waals surface area contributed by atoms with Crippen LogP contribution in [0.2, 0.25) is 0 Å². The van der Waals surface area contributed by atoms with Crippen LogP contribution in [0.5, 0.6) is 0 Å². The van der Waals surface area contributed by atoms with Gasteiger partial charge in [-0.1, -0.05) is 48.5 Å². The molecular weight excluding hydrogens is 443 g/mol. The second-order valence-electron chi connectivity index (χ2n) is 6.96. The van der Waals surface area contributed by atoms with E-state index in [1.54, 1.807) is 12.1 Å². The van der Waals surface area contributed by atoms with Crippen LogP contribution in [0.1, 0.15) is 5.56 Å². The van der Waals surface area contributed by atoms with Crippen LogP contribution in [0.15, 0.2) is 102 Å². The summed E-state index contributed by atoms with van der Waals surface area (Å²) in [6.45, 7) is 0.603. The molecule has 0 saturated carbocycles. The molecule has 0 radical (unpaired) electrons. The fraction of sp³-hybridized carbons (Fsp3) is 0.0400. The van der Waals surface area contributed by atoms with Crippen LogP contribution in [0, 0.1) is 5.82 Å². The second-order valence-corrected chi connectivity index (χ2v) is 6.96. The molecule has 5 rings (SSSR count). The van der Waals surface area contributed by atoms with Gasteiger partial charge in [0.2, 0.25) is 5.89 Å². The number of nitrogens with zero attached hydrogens (tertiary/aromatic N) is 2. The SMILES string of the molecule is Fc1cccc(C[n+]2ccc(-c3nc4cc(-c5ccccc5)ccc4o3)cc2)c1.[Br-]. The van der Waals surface area contributed by atoms with Gasteiger partial charge in [-0.2, -0.15) is 0 Å². The zero-order valence-electron chi connectivity index (χ0n) is 16.0. The van der Waals surface area contributed by atoms with E-state index in [2.05, 4.69) is 17.1 Å². The average Bonchev–Trinajstić information content (AvgIpc) is 3.18. The molecule has 0 fully saturated rings. The van der Waals surface area contributed by atoms with Crippen LogP contribution in [0.25, 0.3) is 33.7 Å². The predicted octanol–water partition coefficient (Wildman–Crippen LogP) is 2.64. The maximum Gasteiger partial charge on any atom is 0.227 e. The van der Waals surface area contributed by atoms with Gasteiger partial charge in [0, 0.05) is 23.3 Å². The Balaban J connectivity index is 0.00000218. The van der Waals surface area contributed by atoms with Crippen molar-refractivity contribution in [2.24, 2.45) is 0 Å². The van der Waals surface area contributed by atoms with Gasteiger partial charge < -0.3 is 21.4 Å². The highest BCUT2D eigenvalue weighted by Gasteiger charge is 2.12. The summed E-state index contributed by atoms with van der Waals surface area (Å²) in [7, 11) is 0. The third-order valence-corrected chi connectivity index (χ3v) is 4.89. The van der Waals surface area contributed by atoms with Crippen LogP contribution in [-0.4, -0.2) is 4.98 Å². The number of oxazole rings is 1. The van der Waals surface area contributed by atoms with E-state index in [0.29, 0.717) is 12.4 Å². The molecule has 0 aliphatic carbocycles. The number of aromatic nitrogens is 2. The molecule has 0 amide bonds. The number of halogens is 2. The van der Waals surface area contributed by atoms with Crippen molar-refractivity contribution >= 4 is 11.1 Å². The van der Waals surface area contributed by atoms with E-state index in [4.69, 9.17) is 4.42 Å². The molecule has 2 heterocycles. The average molecular weight is 461 g/mol. The largest absolute Gasteiger partial charge is 1.00 e. The first-order chi connectivity index (χ1) is 14.2. The normalized spacial score (nSPS) is 10.7. The fourth-order valence-corrected chi connectivity index (χ4v) is 3.41. The van der Waals surface area contributed by atoms with E-state index in [9.17, 15) is 4.39 Å². The van der Waals surface area contributed by atoms with Gasteiger partial charge in [0.15, 0.2) is 24.5 Å². The minimum Gasteiger partial charge on any atom is -1.00 e. The maximum atomic E-state index is 13.4. The van der Waals surface area contributed by atoms with Crippen molar-refractivity contribution in [1.82, 2.24) is 4.98 Å². The van der Waals surface area contributed by atoms with Crippen LogP contribution in [0.3, 0.4) is 0 Å². The van der Waals surface area contributed by atoms with Gasteiger partial charge in [-0.15, -0.1) is 0 Å². The quantitative estimate of drug-likeness (QED) is 0.386. The first-order valence-corrected chi connectivity index (χ1v) is 9.44. The zero-order chi connectivity index (χ0) is 19.6. The molecule has 0 aliphatic heterocycles. The molecule has 30 heavy (non-hydrogen) atoms. The van der Waals surface area contributed by atoms with Gasteiger partial charge in [0.05, 0.1) is 0 Å². The molecule has 148 valence electrons. The molecule has 0 N–H and O–H groups in total. The molecule has 0 bridgehead atoms. The monoisotopic (exact) mass is 460 g/mol. The Morgan fingerprint density at radius 2 is 1.57 bits per heavy atom. The van der Waals surface area contributed by atoms with E-state index >= 15 is 0 Å². The summed E-state index contributed by atoms with van der Waals surface area (Å²) >= 11 is 0. The minimum atomic E-state index is -0.221. The smallest absolute Gasteiger partial charge is 0.227 e. The molecule has 2 aromatic heterocycles. The topological polar surface area (TPSA) is 29.9 Å². The Morgan fingerprint density at radius 3 is 2.33 bits per heavy atom. The lowest BCUT2D eigenvalue weighted by molar-refractivity contribution is -0.688. The van der Waals surface area contributed by atoms with Crippen molar-refractivity contribution in [3.05, 3.63) is 109 Å². The van der Waals surface area contributed by atoms with Gasteiger partial charge in [-0.25, -0.2) is 13.9 Å². The van der Waals surface area contributed by atoms with Crippen molar-refractivity contribution in [1.29, 1.82) is 0 Å². The van der Waals surface area contributed by atoms with Crippen LogP contribution < -0.4 is 21.5 Å². The number of rotatable bonds is 4. The molecule has 5 heteroatoms. The van der Waals surface area contributed by atoms with Crippen molar-refractivity contribution in [3.8, 4) is 22.6 Å². The summed E-state index contributed by atoms with van der Waals surface area (Å²) in [5.74, 6) is 0.365. The first-order valence-electron chi connectivity index (χ1n) is 9.44. The third kappa shape index (κ3) is 4.16. The summed E-state index contributed by atoms with van der Waals surface area (Å²) in [5.41, 5.74) is 5.67. The molecular formula is C25H18BrFN2O. The van der Waals surface area contributed by atoms with Gasteiger partial charge in [-0.05, 0) is 35.4 Å². The van der Waals surface area contributed by atoms with Crippen molar-refractivity contribution in [3.63, 3.8) is 0 Å².